The highest BCUT2D eigenvalue weighted by atomic mass is 16.6. The van der Waals surface area contributed by atoms with Crippen LogP contribution in [0, 0.1) is 17.8 Å². The quantitative estimate of drug-likeness (QED) is 0.0345. The molecule has 6 nitrogen and oxygen atoms in total. The lowest BCUT2D eigenvalue weighted by atomic mass is 9.99. The Morgan fingerprint density at radius 2 is 0.593 bits per heavy atom. The van der Waals surface area contributed by atoms with Crippen LogP contribution in [0.4, 0.5) is 0 Å². The summed E-state index contributed by atoms with van der Waals surface area (Å²) in [5.41, 5.74) is 0. The average Bonchev–Trinajstić information content (AvgIpc) is 3.20. The Kier molecular flexibility index (Phi) is 43.3. The minimum Gasteiger partial charge on any atom is -0.462 e. The largest absolute Gasteiger partial charge is 0.462 e. The first kappa shape index (κ1) is 57.4. The fourth-order valence-electron chi connectivity index (χ4n) is 7.91. The molecule has 0 aromatic carbocycles. The number of rotatable bonds is 46. The lowest BCUT2D eigenvalue weighted by Gasteiger charge is -2.18. The van der Waals surface area contributed by atoms with E-state index in [0.29, 0.717) is 19.3 Å². The van der Waals surface area contributed by atoms with Gasteiger partial charge in [-0.25, -0.2) is 0 Å². The smallest absolute Gasteiger partial charge is 0.306 e. The molecule has 6 heteroatoms. The molecule has 0 aliphatic carbocycles. The van der Waals surface area contributed by atoms with E-state index in [4.69, 9.17) is 14.2 Å². The maximum absolute atomic E-state index is 12.8. The predicted octanol–water partition coefficient (Wildman–Crippen LogP) is 16.8. The maximum Gasteiger partial charge on any atom is 0.306 e. The van der Waals surface area contributed by atoms with Crippen LogP contribution in [0.1, 0.15) is 286 Å². The molecule has 1 unspecified atom stereocenters. The molecule has 0 heterocycles. The summed E-state index contributed by atoms with van der Waals surface area (Å²) in [6.45, 7) is 13.7. The van der Waals surface area contributed by atoms with Crippen molar-refractivity contribution in [1.29, 1.82) is 0 Å². The van der Waals surface area contributed by atoms with Crippen LogP contribution in [0.5, 0.6) is 0 Å². The van der Waals surface area contributed by atoms with Crippen molar-refractivity contribution >= 4 is 17.9 Å². The van der Waals surface area contributed by atoms with Crippen molar-refractivity contribution in [2.45, 2.75) is 292 Å². The molecule has 0 bridgehead atoms. The number of hydrogen-bond donors (Lipinski definition) is 0. The number of unbranched alkanes of at least 4 members (excludes halogenated alkanes) is 28. The van der Waals surface area contributed by atoms with Crippen molar-refractivity contribution in [2.75, 3.05) is 13.2 Å². The summed E-state index contributed by atoms with van der Waals surface area (Å²) >= 11 is 0. The SMILES string of the molecule is CCC(C)CCCCCCCCCCC(=O)OC[C@@H](COC(=O)CCCCCCCCCCCCCCC(C)C)OC(=O)CCCCCCCCCCCCCC(C)C. The Hall–Kier alpha value is -1.59. The summed E-state index contributed by atoms with van der Waals surface area (Å²) in [6.07, 6.45) is 43.7. The summed E-state index contributed by atoms with van der Waals surface area (Å²) in [4.78, 5) is 38.0. The molecule has 0 aromatic rings. The molecule has 0 fully saturated rings. The highest BCUT2D eigenvalue weighted by molar-refractivity contribution is 5.71. The van der Waals surface area contributed by atoms with Gasteiger partial charge in [0.1, 0.15) is 13.2 Å². The predicted molar refractivity (Wildman–Crippen MR) is 252 cm³/mol. The van der Waals surface area contributed by atoms with Crippen LogP contribution in [0.2, 0.25) is 0 Å². The zero-order valence-corrected chi connectivity index (χ0v) is 40.5. The van der Waals surface area contributed by atoms with Gasteiger partial charge in [-0.1, -0.05) is 247 Å². The zero-order valence-electron chi connectivity index (χ0n) is 40.5. The molecular weight excluding hydrogens is 733 g/mol. The van der Waals surface area contributed by atoms with Crippen LogP contribution in [-0.2, 0) is 28.6 Å². The van der Waals surface area contributed by atoms with E-state index in [0.717, 1.165) is 75.5 Å². The van der Waals surface area contributed by atoms with Crippen molar-refractivity contribution in [3.8, 4) is 0 Å². The second-order valence-corrected chi connectivity index (χ2v) is 19.4. The molecular formula is C53H102O6. The van der Waals surface area contributed by atoms with Crippen LogP contribution < -0.4 is 0 Å². The van der Waals surface area contributed by atoms with Crippen molar-refractivity contribution in [1.82, 2.24) is 0 Å². The Morgan fingerprint density at radius 3 is 0.881 bits per heavy atom. The second kappa shape index (κ2) is 44.5. The van der Waals surface area contributed by atoms with E-state index in [9.17, 15) is 14.4 Å². The van der Waals surface area contributed by atoms with E-state index >= 15 is 0 Å². The first-order valence-corrected chi connectivity index (χ1v) is 26.1. The molecule has 0 amide bonds. The minimum absolute atomic E-state index is 0.0648. The molecule has 0 saturated heterocycles. The number of ether oxygens (including phenoxy) is 3. The molecule has 0 spiro atoms. The molecule has 0 saturated carbocycles. The standard InChI is InChI=1S/C53H102O6/c1-7-49(6)41-35-29-23-19-20-25-31-37-43-52(55)58-46-50(59-53(56)44-38-32-26-18-14-10-12-16-22-28-34-40-48(4)5)45-57-51(54)42-36-30-24-17-13-9-8-11-15-21-27-33-39-47(2)3/h47-50H,7-46H2,1-6H3/t49?,50-/m1/s1. The fourth-order valence-corrected chi connectivity index (χ4v) is 7.91. The summed E-state index contributed by atoms with van der Waals surface area (Å²) in [5, 5.41) is 0. The molecule has 2 atom stereocenters. The second-order valence-electron chi connectivity index (χ2n) is 19.4. The topological polar surface area (TPSA) is 78.9 Å². The highest BCUT2D eigenvalue weighted by Gasteiger charge is 2.19. The summed E-state index contributed by atoms with van der Waals surface area (Å²) < 4.78 is 16.8. The average molecular weight is 835 g/mol. The van der Waals surface area contributed by atoms with Gasteiger partial charge in [0.25, 0.3) is 0 Å². The lowest BCUT2D eigenvalue weighted by molar-refractivity contribution is -0.167. The van der Waals surface area contributed by atoms with Gasteiger partial charge in [0.05, 0.1) is 0 Å². The van der Waals surface area contributed by atoms with Gasteiger partial charge in [-0.05, 0) is 37.0 Å². The summed E-state index contributed by atoms with van der Waals surface area (Å²) in [7, 11) is 0. The van der Waals surface area contributed by atoms with Crippen molar-refractivity contribution in [3.63, 3.8) is 0 Å². The number of carbonyl (C=O) groups is 3. The molecule has 0 N–H and O–H groups in total. The van der Waals surface area contributed by atoms with Gasteiger partial charge in [0, 0.05) is 19.3 Å². The van der Waals surface area contributed by atoms with Crippen LogP contribution in [0.25, 0.3) is 0 Å². The molecule has 0 aliphatic heterocycles. The molecule has 0 aliphatic rings. The van der Waals surface area contributed by atoms with Crippen LogP contribution in [0.3, 0.4) is 0 Å². The van der Waals surface area contributed by atoms with E-state index < -0.39 is 6.10 Å². The van der Waals surface area contributed by atoms with E-state index in [-0.39, 0.29) is 31.1 Å². The summed E-state index contributed by atoms with van der Waals surface area (Å²) in [5.74, 6) is 1.65. The van der Waals surface area contributed by atoms with Crippen molar-refractivity contribution < 1.29 is 28.6 Å². The molecule has 350 valence electrons. The molecule has 0 radical (unpaired) electrons. The van der Waals surface area contributed by atoms with E-state index in [1.54, 1.807) is 0 Å². The van der Waals surface area contributed by atoms with Crippen molar-refractivity contribution in [3.05, 3.63) is 0 Å². The zero-order chi connectivity index (χ0) is 43.4. The maximum atomic E-state index is 12.8. The third-order valence-electron chi connectivity index (χ3n) is 12.3. The lowest BCUT2D eigenvalue weighted by Crippen LogP contribution is -2.30. The van der Waals surface area contributed by atoms with E-state index in [1.165, 1.54) is 167 Å². The molecule has 0 rings (SSSR count). The number of carbonyl (C=O) groups excluding carboxylic acids is 3. The van der Waals surface area contributed by atoms with Gasteiger partial charge >= 0.3 is 17.9 Å². The van der Waals surface area contributed by atoms with Gasteiger partial charge < -0.3 is 14.2 Å². The minimum atomic E-state index is -0.763. The molecule has 0 aromatic heterocycles. The fraction of sp³-hybridized carbons (Fsp3) is 0.943. The van der Waals surface area contributed by atoms with E-state index in [1.807, 2.05) is 0 Å². The Bertz CT molecular complexity index is 916. The van der Waals surface area contributed by atoms with Gasteiger partial charge in [-0.15, -0.1) is 0 Å². The summed E-state index contributed by atoms with van der Waals surface area (Å²) in [6, 6.07) is 0. The number of hydrogen-bond acceptors (Lipinski definition) is 6. The Labute approximate surface area is 368 Å². The normalized spacial score (nSPS) is 12.6. The van der Waals surface area contributed by atoms with Crippen LogP contribution in [-0.4, -0.2) is 37.2 Å². The molecule has 59 heavy (non-hydrogen) atoms. The van der Waals surface area contributed by atoms with Gasteiger partial charge in [-0.3, -0.25) is 14.4 Å². The number of esters is 3. The monoisotopic (exact) mass is 835 g/mol. The third kappa shape index (κ3) is 45.8. The Morgan fingerprint density at radius 1 is 0.339 bits per heavy atom. The highest BCUT2D eigenvalue weighted by Crippen LogP contribution is 2.18. The van der Waals surface area contributed by atoms with Crippen LogP contribution >= 0.6 is 0 Å². The van der Waals surface area contributed by atoms with E-state index in [2.05, 4.69) is 41.5 Å². The first-order valence-electron chi connectivity index (χ1n) is 26.1. The Balaban J connectivity index is 4.33. The van der Waals surface area contributed by atoms with Gasteiger partial charge in [-0.2, -0.15) is 0 Å². The van der Waals surface area contributed by atoms with Crippen LogP contribution in [0.15, 0.2) is 0 Å². The van der Waals surface area contributed by atoms with Gasteiger partial charge in [0.2, 0.25) is 0 Å². The first-order chi connectivity index (χ1) is 28.6. The third-order valence-corrected chi connectivity index (χ3v) is 12.3. The van der Waals surface area contributed by atoms with Crippen molar-refractivity contribution in [2.24, 2.45) is 17.8 Å². The van der Waals surface area contributed by atoms with Gasteiger partial charge in [0.15, 0.2) is 6.10 Å².